The molecule has 1 aliphatic heterocycles. The number of likely N-dealkylation sites (tertiary alicyclic amines) is 1. The number of ether oxygens (including phenoxy) is 1. The summed E-state index contributed by atoms with van der Waals surface area (Å²) in [7, 11) is 0. The number of benzene rings is 2. The second-order valence-electron chi connectivity index (χ2n) is 11.2. The van der Waals surface area contributed by atoms with E-state index >= 15 is 0 Å². The van der Waals surface area contributed by atoms with E-state index in [0.717, 1.165) is 18.4 Å². The second-order valence-corrected chi connectivity index (χ2v) is 11.2. The van der Waals surface area contributed by atoms with E-state index in [9.17, 15) is 35.9 Å². The fraction of sp³-hybridized carbons (Fsp3) is 0.548. The van der Waals surface area contributed by atoms with Gasteiger partial charge in [-0.1, -0.05) is 37.3 Å². The van der Waals surface area contributed by atoms with Gasteiger partial charge in [0.05, 0.1) is 23.3 Å². The smallest absolute Gasteiger partial charge is 0.370 e. The van der Waals surface area contributed by atoms with Gasteiger partial charge in [0.15, 0.2) is 0 Å². The Labute approximate surface area is 241 Å². The van der Waals surface area contributed by atoms with Crippen molar-refractivity contribution in [3.63, 3.8) is 0 Å². The van der Waals surface area contributed by atoms with Crippen LogP contribution in [0.3, 0.4) is 0 Å². The molecule has 1 N–H and O–H groups in total. The van der Waals surface area contributed by atoms with Crippen LogP contribution in [-0.2, 0) is 26.7 Å². The first-order valence-corrected chi connectivity index (χ1v) is 14.3. The molecule has 5 nitrogen and oxygen atoms in total. The van der Waals surface area contributed by atoms with Gasteiger partial charge in [-0.2, -0.15) is 26.3 Å². The van der Waals surface area contributed by atoms with Crippen LogP contribution < -0.4 is 5.32 Å². The summed E-state index contributed by atoms with van der Waals surface area (Å²) >= 11 is 0. The number of rotatable bonds is 7. The van der Waals surface area contributed by atoms with E-state index in [1.54, 1.807) is 11.8 Å². The van der Waals surface area contributed by atoms with Gasteiger partial charge in [0, 0.05) is 37.4 Å². The highest BCUT2D eigenvalue weighted by Crippen LogP contribution is 2.40. The number of hydrogen-bond acceptors (Lipinski definition) is 3. The second kappa shape index (κ2) is 13.1. The molecular weight excluding hydrogens is 562 g/mol. The summed E-state index contributed by atoms with van der Waals surface area (Å²) in [6, 6.07) is 10.9. The van der Waals surface area contributed by atoms with Crippen molar-refractivity contribution in [2.75, 3.05) is 13.1 Å². The van der Waals surface area contributed by atoms with Crippen molar-refractivity contribution in [2.45, 2.75) is 88.9 Å². The van der Waals surface area contributed by atoms with Gasteiger partial charge in [0.25, 0.3) is 0 Å². The molecule has 2 aromatic rings. The van der Waals surface area contributed by atoms with Crippen LogP contribution in [0.25, 0.3) is 0 Å². The van der Waals surface area contributed by atoms with Crippen LogP contribution in [0, 0.1) is 5.92 Å². The first-order chi connectivity index (χ1) is 19.8. The third-order valence-corrected chi connectivity index (χ3v) is 8.31. The zero-order chi connectivity index (χ0) is 30.7. The Morgan fingerprint density at radius 1 is 0.929 bits per heavy atom. The molecule has 0 bridgehead atoms. The van der Waals surface area contributed by atoms with Gasteiger partial charge in [-0.05, 0) is 68.4 Å². The van der Waals surface area contributed by atoms with E-state index in [0.29, 0.717) is 50.9 Å². The molecule has 11 heteroatoms. The SMILES string of the molecule is CCC(=O)N[C@H]1CC[C@H](C(=O)N2CC[C@H](O[C@H](C)c3cc(C(F)(F)F)cc(C(F)(F)F)c3)[C@H](c3ccccc3)C2)CC1. The molecule has 2 fully saturated rings. The molecule has 3 atom stereocenters. The lowest BCUT2D eigenvalue weighted by molar-refractivity contribution is -0.143. The lowest BCUT2D eigenvalue weighted by Gasteiger charge is -2.42. The van der Waals surface area contributed by atoms with E-state index < -0.39 is 35.7 Å². The standard InChI is InChI=1S/C31H36F6N2O3/c1-3-28(40)38-25-11-9-21(10-12-25)29(41)39-14-13-27(26(18-39)20-7-5-4-6-8-20)42-19(2)22-15-23(30(32,33)34)17-24(16-22)31(35,36)37/h4-8,15-17,19,21,25-27H,3,9-14,18H2,1-2H3,(H,38,40)/t19-,21-,25-,26+,27+/m1/s1. The summed E-state index contributed by atoms with van der Waals surface area (Å²) in [5.74, 6) is -0.472. The van der Waals surface area contributed by atoms with E-state index in [4.69, 9.17) is 4.74 Å². The van der Waals surface area contributed by atoms with Crippen molar-refractivity contribution in [2.24, 2.45) is 5.92 Å². The van der Waals surface area contributed by atoms with E-state index in [-0.39, 0.29) is 41.3 Å². The number of amides is 2. The van der Waals surface area contributed by atoms with E-state index in [1.807, 2.05) is 30.3 Å². The van der Waals surface area contributed by atoms with E-state index in [2.05, 4.69) is 5.32 Å². The fourth-order valence-electron chi connectivity index (χ4n) is 5.94. The van der Waals surface area contributed by atoms with Crippen LogP contribution in [0.2, 0.25) is 0 Å². The maximum Gasteiger partial charge on any atom is 0.416 e. The van der Waals surface area contributed by atoms with Gasteiger partial charge in [-0.25, -0.2) is 0 Å². The number of piperidine rings is 1. The maximum absolute atomic E-state index is 13.5. The first kappa shape index (κ1) is 31.8. The Hall–Kier alpha value is -3.08. The van der Waals surface area contributed by atoms with Crippen LogP contribution >= 0.6 is 0 Å². The Kier molecular flexibility index (Phi) is 9.90. The van der Waals surface area contributed by atoms with Gasteiger partial charge in [0.1, 0.15) is 0 Å². The summed E-state index contributed by atoms with van der Waals surface area (Å²) in [6.07, 6.45) is -7.94. The molecule has 230 valence electrons. The van der Waals surface area contributed by atoms with Crippen LogP contribution in [-0.4, -0.2) is 41.9 Å². The highest BCUT2D eigenvalue weighted by molar-refractivity contribution is 5.79. The normalized spacial score (nSPS) is 24.2. The minimum Gasteiger partial charge on any atom is -0.370 e. The number of alkyl halides is 6. The van der Waals surface area contributed by atoms with Crippen molar-refractivity contribution in [1.82, 2.24) is 10.2 Å². The Morgan fingerprint density at radius 3 is 2.07 bits per heavy atom. The largest absolute Gasteiger partial charge is 0.416 e. The monoisotopic (exact) mass is 598 g/mol. The van der Waals surface area contributed by atoms with E-state index in [1.165, 1.54) is 6.92 Å². The highest BCUT2D eigenvalue weighted by Gasteiger charge is 2.40. The Balaban J connectivity index is 1.50. The molecule has 0 unspecified atom stereocenters. The van der Waals surface area contributed by atoms with Crippen molar-refractivity contribution in [3.05, 3.63) is 70.8 Å². The minimum absolute atomic E-state index is 0.00783. The molecule has 0 spiro atoms. The van der Waals surface area contributed by atoms with Crippen LogP contribution in [0.5, 0.6) is 0 Å². The summed E-state index contributed by atoms with van der Waals surface area (Å²) in [4.78, 5) is 27.0. The summed E-state index contributed by atoms with van der Waals surface area (Å²) in [5, 5.41) is 2.99. The maximum atomic E-state index is 13.5. The third-order valence-electron chi connectivity index (χ3n) is 8.31. The number of nitrogens with zero attached hydrogens (tertiary/aromatic N) is 1. The summed E-state index contributed by atoms with van der Waals surface area (Å²) in [6.45, 7) is 3.93. The number of nitrogens with one attached hydrogen (secondary N) is 1. The number of halogens is 6. The molecule has 42 heavy (non-hydrogen) atoms. The molecule has 2 aliphatic rings. The summed E-state index contributed by atoms with van der Waals surface area (Å²) in [5.41, 5.74) is -2.11. The lowest BCUT2D eigenvalue weighted by atomic mass is 9.83. The number of hydrogen-bond donors (Lipinski definition) is 1. The molecule has 2 amide bonds. The highest BCUT2D eigenvalue weighted by atomic mass is 19.4. The molecule has 1 aliphatic carbocycles. The zero-order valence-electron chi connectivity index (χ0n) is 23.6. The fourth-order valence-corrected chi connectivity index (χ4v) is 5.94. The minimum atomic E-state index is -4.95. The lowest BCUT2D eigenvalue weighted by Crippen LogP contribution is -2.49. The Bertz CT molecular complexity index is 1190. The molecular formula is C31H36F6N2O3. The quantitative estimate of drug-likeness (QED) is 0.341. The van der Waals surface area contributed by atoms with Gasteiger partial charge in [0.2, 0.25) is 11.8 Å². The van der Waals surface area contributed by atoms with Crippen molar-refractivity contribution in [1.29, 1.82) is 0 Å². The molecule has 4 rings (SSSR count). The third kappa shape index (κ3) is 7.85. The Morgan fingerprint density at radius 2 is 1.52 bits per heavy atom. The number of carbonyl (C=O) groups excluding carboxylic acids is 2. The number of carbonyl (C=O) groups is 2. The van der Waals surface area contributed by atoms with Gasteiger partial charge >= 0.3 is 12.4 Å². The first-order valence-electron chi connectivity index (χ1n) is 14.3. The average molecular weight is 599 g/mol. The van der Waals surface area contributed by atoms with Crippen LogP contribution in [0.1, 0.15) is 86.6 Å². The van der Waals surface area contributed by atoms with Gasteiger partial charge < -0.3 is 15.0 Å². The molecule has 2 aromatic carbocycles. The van der Waals surface area contributed by atoms with Gasteiger partial charge in [-0.3, -0.25) is 9.59 Å². The summed E-state index contributed by atoms with van der Waals surface area (Å²) < 4.78 is 86.9. The average Bonchev–Trinajstić information content (AvgIpc) is 2.96. The predicted octanol–water partition coefficient (Wildman–Crippen LogP) is 7.27. The van der Waals surface area contributed by atoms with Crippen LogP contribution in [0.15, 0.2) is 48.5 Å². The zero-order valence-corrected chi connectivity index (χ0v) is 23.6. The van der Waals surface area contributed by atoms with Crippen molar-refractivity contribution in [3.8, 4) is 0 Å². The topological polar surface area (TPSA) is 58.6 Å². The molecule has 0 radical (unpaired) electrons. The van der Waals surface area contributed by atoms with Crippen LogP contribution in [0.4, 0.5) is 26.3 Å². The van der Waals surface area contributed by atoms with Crippen molar-refractivity contribution < 1.29 is 40.7 Å². The van der Waals surface area contributed by atoms with Gasteiger partial charge in [-0.15, -0.1) is 0 Å². The van der Waals surface area contributed by atoms with Crippen molar-refractivity contribution >= 4 is 11.8 Å². The molecule has 1 saturated carbocycles. The molecule has 1 saturated heterocycles. The molecule has 1 heterocycles. The predicted molar refractivity (Wildman–Crippen MR) is 144 cm³/mol. The molecule has 0 aromatic heterocycles.